The molecule has 0 saturated heterocycles. The Labute approximate surface area is 109 Å². The van der Waals surface area contributed by atoms with Crippen LogP contribution in [-0.4, -0.2) is 11.9 Å². The molecule has 0 radical (unpaired) electrons. The molecular weight excluding hydrogens is 299 g/mol. The van der Waals surface area contributed by atoms with Crippen molar-refractivity contribution in [2.75, 3.05) is 11.9 Å². The molecule has 4 heteroatoms. The Kier molecular flexibility index (Phi) is 4.75. The fourth-order valence-electron chi connectivity index (χ4n) is 0.900. The van der Waals surface area contributed by atoms with Gasteiger partial charge in [-0.15, -0.1) is 0 Å². The molecular formula is C11H13BrCl2O. The van der Waals surface area contributed by atoms with Crippen LogP contribution in [0.2, 0.25) is 10.0 Å². The normalized spacial score (nSPS) is 11.5. The van der Waals surface area contributed by atoms with Crippen molar-refractivity contribution in [2.24, 2.45) is 5.41 Å². The summed E-state index contributed by atoms with van der Waals surface area (Å²) in [5.41, 5.74) is 0.0750. The van der Waals surface area contributed by atoms with Crippen molar-refractivity contribution in [3.05, 3.63) is 28.2 Å². The lowest BCUT2D eigenvalue weighted by atomic mass is 9.98. The zero-order valence-corrected chi connectivity index (χ0v) is 11.8. The molecule has 0 amide bonds. The third-order valence-electron chi connectivity index (χ3n) is 1.87. The molecule has 0 N–H and O–H groups in total. The summed E-state index contributed by atoms with van der Waals surface area (Å²) in [4.78, 5) is 0. The molecule has 0 fully saturated rings. The molecule has 0 atom stereocenters. The zero-order valence-electron chi connectivity index (χ0n) is 8.69. The number of hydrogen-bond donors (Lipinski definition) is 0. The Morgan fingerprint density at radius 3 is 2.60 bits per heavy atom. The van der Waals surface area contributed by atoms with Gasteiger partial charge in [0.05, 0.1) is 11.6 Å². The highest BCUT2D eigenvalue weighted by atomic mass is 79.9. The Hall–Kier alpha value is 0.0800. The molecule has 1 aromatic rings. The monoisotopic (exact) mass is 310 g/mol. The van der Waals surface area contributed by atoms with E-state index in [0.29, 0.717) is 22.4 Å². The van der Waals surface area contributed by atoms with Crippen molar-refractivity contribution in [2.45, 2.75) is 13.8 Å². The maximum Gasteiger partial charge on any atom is 0.139 e. The molecule has 0 saturated carbocycles. The van der Waals surface area contributed by atoms with E-state index in [4.69, 9.17) is 27.9 Å². The van der Waals surface area contributed by atoms with Crippen LogP contribution in [-0.2, 0) is 0 Å². The summed E-state index contributed by atoms with van der Waals surface area (Å²) in [6, 6.07) is 5.21. The van der Waals surface area contributed by atoms with Gasteiger partial charge in [-0.3, -0.25) is 0 Å². The topological polar surface area (TPSA) is 9.23 Å². The lowest BCUT2D eigenvalue weighted by Gasteiger charge is -2.22. The van der Waals surface area contributed by atoms with Crippen LogP contribution in [0.1, 0.15) is 13.8 Å². The summed E-state index contributed by atoms with van der Waals surface area (Å²) in [5.74, 6) is 0.637. The van der Waals surface area contributed by atoms with E-state index in [9.17, 15) is 0 Å². The molecule has 0 aliphatic carbocycles. The molecule has 0 spiro atoms. The highest BCUT2D eigenvalue weighted by Crippen LogP contribution is 2.29. The van der Waals surface area contributed by atoms with Crippen LogP contribution < -0.4 is 4.74 Å². The van der Waals surface area contributed by atoms with Crippen molar-refractivity contribution in [1.29, 1.82) is 0 Å². The molecule has 0 heterocycles. The van der Waals surface area contributed by atoms with Crippen LogP contribution >= 0.6 is 39.1 Å². The van der Waals surface area contributed by atoms with Crippen LogP contribution in [0, 0.1) is 5.41 Å². The number of rotatable bonds is 4. The lowest BCUT2D eigenvalue weighted by molar-refractivity contribution is 0.203. The van der Waals surface area contributed by atoms with Crippen LogP contribution in [0.4, 0.5) is 0 Å². The first-order chi connectivity index (χ1) is 6.94. The van der Waals surface area contributed by atoms with Crippen molar-refractivity contribution >= 4 is 39.1 Å². The summed E-state index contributed by atoms with van der Waals surface area (Å²) in [5, 5.41) is 2.09. The van der Waals surface area contributed by atoms with E-state index < -0.39 is 0 Å². The van der Waals surface area contributed by atoms with Gasteiger partial charge in [0.1, 0.15) is 5.75 Å². The van der Waals surface area contributed by atoms with E-state index in [1.54, 1.807) is 18.2 Å². The zero-order chi connectivity index (χ0) is 11.5. The molecule has 1 rings (SSSR count). The van der Waals surface area contributed by atoms with E-state index >= 15 is 0 Å². The largest absolute Gasteiger partial charge is 0.491 e. The maximum atomic E-state index is 5.97. The second kappa shape index (κ2) is 5.42. The van der Waals surface area contributed by atoms with Gasteiger partial charge in [-0.1, -0.05) is 53.0 Å². The molecule has 1 aromatic carbocycles. The SMILES string of the molecule is CC(C)(CBr)COc1cc(Cl)ccc1Cl. The van der Waals surface area contributed by atoms with Gasteiger partial charge in [0, 0.05) is 21.8 Å². The van der Waals surface area contributed by atoms with Crippen LogP contribution in [0.5, 0.6) is 5.75 Å². The van der Waals surface area contributed by atoms with E-state index in [0.717, 1.165) is 5.33 Å². The molecule has 1 nitrogen and oxygen atoms in total. The quantitative estimate of drug-likeness (QED) is 0.726. The van der Waals surface area contributed by atoms with Crippen LogP contribution in [0.15, 0.2) is 18.2 Å². The van der Waals surface area contributed by atoms with Crippen LogP contribution in [0.25, 0.3) is 0 Å². The number of benzene rings is 1. The summed E-state index contributed by atoms with van der Waals surface area (Å²) in [7, 11) is 0. The minimum Gasteiger partial charge on any atom is -0.491 e. The van der Waals surface area contributed by atoms with Gasteiger partial charge in [0.25, 0.3) is 0 Å². The van der Waals surface area contributed by atoms with Gasteiger partial charge in [0.15, 0.2) is 0 Å². The summed E-state index contributed by atoms with van der Waals surface area (Å²) in [6.45, 7) is 4.82. The van der Waals surface area contributed by atoms with Gasteiger partial charge in [-0.2, -0.15) is 0 Å². The van der Waals surface area contributed by atoms with Crippen LogP contribution in [0.3, 0.4) is 0 Å². The minimum absolute atomic E-state index is 0.0750. The predicted molar refractivity (Wildman–Crippen MR) is 69.5 cm³/mol. The molecule has 0 aliphatic rings. The predicted octanol–water partition coefficient (Wildman–Crippen LogP) is 4.79. The van der Waals surface area contributed by atoms with E-state index in [1.807, 2.05) is 0 Å². The smallest absolute Gasteiger partial charge is 0.139 e. The first-order valence-corrected chi connectivity index (χ1v) is 6.46. The number of hydrogen-bond acceptors (Lipinski definition) is 1. The molecule has 0 bridgehead atoms. The summed E-state index contributed by atoms with van der Waals surface area (Å²) < 4.78 is 5.63. The van der Waals surface area contributed by atoms with Crippen molar-refractivity contribution < 1.29 is 4.74 Å². The van der Waals surface area contributed by atoms with Gasteiger partial charge >= 0.3 is 0 Å². The average Bonchev–Trinajstić information content (AvgIpc) is 2.20. The third kappa shape index (κ3) is 4.21. The fourth-order valence-corrected chi connectivity index (χ4v) is 1.40. The first-order valence-electron chi connectivity index (χ1n) is 4.58. The van der Waals surface area contributed by atoms with Gasteiger partial charge in [-0.05, 0) is 12.1 Å². The van der Waals surface area contributed by atoms with E-state index in [1.165, 1.54) is 0 Å². The highest BCUT2D eigenvalue weighted by Gasteiger charge is 2.17. The molecule has 0 aromatic heterocycles. The van der Waals surface area contributed by atoms with Crippen molar-refractivity contribution in [3.8, 4) is 5.75 Å². The second-order valence-electron chi connectivity index (χ2n) is 4.16. The fraction of sp³-hybridized carbons (Fsp3) is 0.455. The lowest BCUT2D eigenvalue weighted by Crippen LogP contribution is -2.22. The Morgan fingerprint density at radius 2 is 2.00 bits per heavy atom. The first kappa shape index (κ1) is 13.1. The van der Waals surface area contributed by atoms with E-state index in [2.05, 4.69) is 29.8 Å². The summed E-state index contributed by atoms with van der Waals surface area (Å²) >= 11 is 15.3. The van der Waals surface area contributed by atoms with Crippen molar-refractivity contribution in [1.82, 2.24) is 0 Å². The van der Waals surface area contributed by atoms with E-state index in [-0.39, 0.29) is 5.41 Å². The third-order valence-corrected chi connectivity index (χ3v) is 3.94. The Bertz CT molecular complexity index is 339. The van der Waals surface area contributed by atoms with Gasteiger partial charge < -0.3 is 4.74 Å². The number of ether oxygens (including phenoxy) is 1. The van der Waals surface area contributed by atoms with Gasteiger partial charge in [-0.25, -0.2) is 0 Å². The summed E-state index contributed by atoms with van der Waals surface area (Å²) in [6.07, 6.45) is 0. The minimum atomic E-state index is 0.0750. The maximum absolute atomic E-state index is 5.97. The standard InChI is InChI=1S/C11H13BrCl2O/c1-11(2,6-12)7-15-10-5-8(13)3-4-9(10)14/h3-5H,6-7H2,1-2H3. The molecule has 84 valence electrons. The van der Waals surface area contributed by atoms with Crippen molar-refractivity contribution in [3.63, 3.8) is 0 Å². The number of alkyl halides is 1. The Balaban J connectivity index is 2.69. The highest BCUT2D eigenvalue weighted by molar-refractivity contribution is 9.09. The molecule has 15 heavy (non-hydrogen) atoms. The molecule has 0 unspecified atom stereocenters. The molecule has 0 aliphatic heterocycles. The van der Waals surface area contributed by atoms with Gasteiger partial charge in [0.2, 0.25) is 0 Å². The Morgan fingerprint density at radius 1 is 1.33 bits per heavy atom. The number of halogens is 3. The second-order valence-corrected chi connectivity index (χ2v) is 5.57. The average molecular weight is 312 g/mol.